The van der Waals surface area contributed by atoms with Gasteiger partial charge in [0, 0.05) is 19.6 Å². The Bertz CT molecular complexity index is 525. The maximum Gasteiger partial charge on any atom is 0.233 e. The van der Waals surface area contributed by atoms with Gasteiger partial charge in [0.15, 0.2) is 0 Å². The van der Waals surface area contributed by atoms with Crippen LogP contribution in [0.1, 0.15) is 24.1 Å². The van der Waals surface area contributed by atoms with Crippen LogP contribution >= 0.6 is 24.2 Å². The second kappa shape index (κ2) is 9.80. The first-order valence-corrected chi connectivity index (χ1v) is 8.72. The average Bonchev–Trinajstić information content (AvgIpc) is 2.54. The second-order valence-electron chi connectivity index (χ2n) is 5.36. The highest BCUT2D eigenvalue weighted by atomic mass is 35.5. The molecule has 128 valence electrons. The number of carbonyl (C=O) groups excluding carboxylic acids is 2. The highest BCUT2D eigenvalue weighted by molar-refractivity contribution is 8.00. The molecule has 1 fully saturated rings. The summed E-state index contributed by atoms with van der Waals surface area (Å²) in [5, 5.41) is 3.35. The summed E-state index contributed by atoms with van der Waals surface area (Å²) in [6, 6.07) is 8.50. The number of thioether (sulfide) groups is 1. The molecule has 2 rings (SSSR count). The molecule has 1 aromatic carbocycles. The Balaban J connectivity index is 0.00000264. The van der Waals surface area contributed by atoms with E-state index >= 15 is 0 Å². The minimum atomic E-state index is -0.384. The lowest BCUT2D eigenvalue weighted by atomic mass is 10.0. The lowest BCUT2D eigenvalue weighted by Gasteiger charge is -2.36. The first-order valence-electron chi connectivity index (χ1n) is 7.57. The molecule has 23 heavy (non-hydrogen) atoms. The van der Waals surface area contributed by atoms with E-state index in [2.05, 4.69) is 36.5 Å². The van der Waals surface area contributed by atoms with E-state index in [1.165, 1.54) is 17.3 Å². The lowest BCUT2D eigenvalue weighted by molar-refractivity contribution is -0.131. The summed E-state index contributed by atoms with van der Waals surface area (Å²) in [7, 11) is 0. The van der Waals surface area contributed by atoms with E-state index in [9.17, 15) is 9.59 Å². The molecule has 7 heteroatoms. The van der Waals surface area contributed by atoms with Gasteiger partial charge >= 0.3 is 0 Å². The van der Waals surface area contributed by atoms with Crippen LogP contribution in [0, 0.1) is 0 Å². The number of hydrogen-bond acceptors (Lipinski definition) is 4. The third-order valence-corrected chi connectivity index (χ3v) is 4.75. The molecule has 0 spiro atoms. The van der Waals surface area contributed by atoms with Gasteiger partial charge in [0.2, 0.25) is 11.8 Å². The number of nitrogens with one attached hydrogen (secondary N) is 1. The standard InChI is InChI=1S/C16H23N3O2S.ClH/c1-2-12-3-5-13(6-4-12)14-9-18-7-8-19(14)16(21)11-22-10-15(17)20;/h3-6,14,18H,2,7-11H2,1H3,(H2,17,20);1H. The summed E-state index contributed by atoms with van der Waals surface area (Å²) in [6.45, 7) is 4.38. The Hall–Kier alpha value is -1.24. The number of hydrogen-bond donors (Lipinski definition) is 2. The quantitative estimate of drug-likeness (QED) is 0.806. The van der Waals surface area contributed by atoms with Gasteiger partial charge in [-0.2, -0.15) is 0 Å². The average molecular weight is 358 g/mol. The molecule has 1 saturated heterocycles. The van der Waals surface area contributed by atoms with Crippen molar-refractivity contribution in [2.45, 2.75) is 19.4 Å². The van der Waals surface area contributed by atoms with Crippen LogP contribution in [0.2, 0.25) is 0 Å². The third-order valence-electron chi connectivity index (χ3n) is 3.81. The maximum absolute atomic E-state index is 12.4. The van der Waals surface area contributed by atoms with Crippen LogP contribution in [-0.2, 0) is 16.0 Å². The van der Waals surface area contributed by atoms with Gasteiger partial charge in [-0.05, 0) is 17.5 Å². The zero-order chi connectivity index (χ0) is 15.9. The summed E-state index contributed by atoms with van der Waals surface area (Å²) in [5.74, 6) is 0.169. The Morgan fingerprint density at radius 1 is 1.30 bits per heavy atom. The summed E-state index contributed by atoms with van der Waals surface area (Å²) < 4.78 is 0. The molecule has 0 saturated carbocycles. The van der Waals surface area contributed by atoms with Gasteiger partial charge in [-0.3, -0.25) is 9.59 Å². The normalized spacial score (nSPS) is 17.4. The van der Waals surface area contributed by atoms with Gasteiger partial charge in [0.25, 0.3) is 0 Å². The third kappa shape index (κ3) is 5.71. The van der Waals surface area contributed by atoms with E-state index in [0.29, 0.717) is 12.3 Å². The van der Waals surface area contributed by atoms with Crippen LogP contribution in [0.25, 0.3) is 0 Å². The Labute approximate surface area is 147 Å². The molecule has 3 N–H and O–H groups in total. The van der Waals surface area contributed by atoms with E-state index in [0.717, 1.165) is 25.1 Å². The number of halogens is 1. The van der Waals surface area contributed by atoms with Gasteiger partial charge in [-0.25, -0.2) is 0 Å². The predicted octanol–water partition coefficient (Wildman–Crippen LogP) is 1.36. The zero-order valence-electron chi connectivity index (χ0n) is 13.3. The van der Waals surface area contributed by atoms with Crippen LogP contribution < -0.4 is 11.1 Å². The predicted molar refractivity (Wildman–Crippen MR) is 96.9 cm³/mol. The second-order valence-corrected chi connectivity index (χ2v) is 6.35. The Morgan fingerprint density at radius 2 is 2.00 bits per heavy atom. The summed E-state index contributed by atoms with van der Waals surface area (Å²) >= 11 is 1.28. The summed E-state index contributed by atoms with van der Waals surface area (Å²) in [6.07, 6.45) is 1.01. The molecule has 1 aliphatic rings. The molecule has 5 nitrogen and oxygen atoms in total. The minimum absolute atomic E-state index is 0. The molecule has 0 radical (unpaired) electrons. The summed E-state index contributed by atoms with van der Waals surface area (Å²) in [5.41, 5.74) is 7.55. The monoisotopic (exact) mass is 357 g/mol. The van der Waals surface area contributed by atoms with Crippen LogP contribution in [0.4, 0.5) is 0 Å². The zero-order valence-corrected chi connectivity index (χ0v) is 14.9. The Kier molecular flexibility index (Phi) is 8.44. The summed E-state index contributed by atoms with van der Waals surface area (Å²) in [4.78, 5) is 25.1. The molecule has 1 unspecified atom stereocenters. The van der Waals surface area contributed by atoms with Crippen molar-refractivity contribution in [2.75, 3.05) is 31.1 Å². The van der Waals surface area contributed by atoms with Crippen molar-refractivity contribution in [3.8, 4) is 0 Å². The molecule has 1 atom stereocenters. The molecule has 1 aromatic rings. The molecular weight excluding hydrogens is 334 g/mol. The highest BCUT2D eigenvalue weighted by Crippen LogP contribution is 2.23. The van der Waals surface area contributed by atoms with Crippen molar-refractivity contribution in [3.05, 3.63) is 35.4 Å². The number of aryl methyl sites for hydroxylation is 1. The molecule has 0 aliphatic carbocycles. The molecule has 1 heterocycles. The smallest absolute Gasteiger partial charge is 0.233 e. The van der Waals surface area contributed by atoms with E-state index in [1.807, 2.05) is 4.90 Å². The first-order chi connectivity index (χ1) is 10.6. The first kappa shape index (κ1) is 19.8. The van der Waals surface area contributed by atoms with Crippen molar-refractivity contribution in [1.82, 2.24) is 10.2 Å². The van der Waals surface area contributed by atoms with Crippen LogP contribution in [0.3, 0.4) is 0 Å². The van der Waals surface area contributed by atoms with Crippen molar-refractivity contribution < 1.29 is 9.59 Å². The minimum Gasteiger partial charge on any atom is -0.369 e. The number of piperazine rings is 1. The molecule has 0 aromatic heterocycles. The fourth-order valence-electron chi connectivity index (χ4n) is 2.60. The van der Waals surface area contributed by atoms with E-state index in [4.69, 9.17) is 5.73 Å². The van der Waals surface area contributed by atoms with E-state index in [-0.39, 0.29) is 36.0 Å². The molecular formula is C16H24ClN3O2S. The van der Waals surface area contributed by atoms with E-state index < -0.39 is 0 Å². The van der Waals surface area contributed by atoms with Gasteiger partial charge in [0.05, 0.1) is 17.5 Å². The number of carbonyl (C=O) groups is 2. The van der Waals surface area contributed by atoms with Crippen LogP contribution in [0.5, 0.6) is 0 Å². The van der Waals surface area contributed by atoms with Crippen LogP contribution in [-0.4, -0.2) is 47.9 Å². The Morgan fingerprint density at radius 3 is 2.61 bits per heavy atom. The lowest BCUT2D eigenvalue weighted by Crippen LogP contribution is -2.49. The number of primary amides is 1. The van der Waals surface area contributed by atoms with Gasteiger partial charge in [-0.15, -0.1) is 24.2 Å². The number of amides is 2. The maximum atomic E-state index is 12.4. The fraction of sp³-hybridized carbons (Fsp3) is 0.500. The number of nitrogens with two attached hydrogens (primary N) is 1. The number of rotatable bonds is 6. The van der Waals surface area contributed by atoms with Crippen molar-refractivity contribution in [3.63, 3.8) is 0 Å². The van der Waals surface area contributed by atoms with Crippen molar-refractivity contribution >= 4 is 36.0 Å². The van der Waals surface area contributed by atoms with Crippen molar-refractivity contribution in [2.24, 2.45) is 5.73 Å². The number of nitrogens with zero attached hydrogens (tertiary/aromatic N) is 1. The SMILES string of the molecule is CCc1ccc(C2CNCCN2C(=O)CSCC(N)=O)cc1.Cl. The fourth-order valence-corrected chi connectivity index (χ4v) is 3.24. The van der Waals surface area contributed by atoms with Gasteiger partial charge in [-0.1, -0.05) is 31.2 Å². The van der Waals surface area contributed by atoms with E-state index in [1.54, 1.807) is 0 Å². The van der Waals surface area contributed by atoms with Crippen molar-refractivity contribution in [1.29, 1.82) is 0 Å². The topological polar surface area (TPSA) is 75.4 Å². The largest absolute Gasteiger partial charge is 0.369 e. The molecule has 0 bridgehead atoms. The van der Waals surface area contributed by atoms with Crippen LogP contribution in [0.15, 0.2) is 24.3 Å². The molecule has 2 amide bonds. The number of benzene rings is 1. The highest BCUT2D eigenvalue weighted by Gasteiger charge is 2.27. The molecule has 1 aliphatic heterocycles. The van der Waals surface area contributed by atoms with Gasteiger partial charge in [0.1, 0.15) is 0 Å². The van der Waals surface area contributed by atoms with Gasteiger partial charge < -0.3 is 16.0 Å².